The van der Waals surface area contributed by atoms with Gasteiger partial charge in [-0.15, -0.1) is 0 Å². The Kier molecular flexibility index (Phi) is 4.57. The maximum atomic E-state index is 5.86. The summed E-state index contributed by atoms with van der Waals surface area (Å²) in [5.41, 5.74) is 3.15. The molecule has 0 aliphatic carbocycles. The highest BCUT2D eigenvalue weighted by molar-refractivity contribution is 5.43. The zero-order valence-electron chi connectivity index (χ0n) is 13.3. The summed E-state index contributed by atoms with van der Waals surface area (Å²) >= 11 is 0. The number of benzene rings is 1. The SMILES string of the molecule is COc1cc(Cn2ccnc2)ccc1OCc1ccc(C)nc1. The average Bonchev–Trinajstić information content (AvgIpc) is 3.08. The van der Waals surface area contributed by atoms with Gasteiger partial charge in [0.05, 0.1) is 13.4 Å². The van der Waals surface area contributed by atoms with Crippen LogP contribution in [0.2, 0.25) is 0 Å². The van der Waals surface area contributed by atoms with Crippen molar-refractivity contribution in [2.75, 3.05) is 7.11 Å². The van der Waals surface area contributed by atoms with Crippen molar-refractivity contribution >= 4 is 0 Å². The van der Waals surface area contributed by atoms with Crippen molar-refractivity contribution in [1.29, 1.82) is 0 Å². The predicted molar refractivity (Wildman–Crippen MR) is 87.6 cm³/mol. The van der Waals surface area contributed by atoms with E-state index in [0.29, 0.717) is 6.61 Å². The Labute approximate surface area is 135 Å². The van der Waals surface area contributed by atoms with Crippen molar-refractivity contribution in [1.82, 2.24) is 14.5 Å². The minimum absolute atomic E-state index is 0.463. The van der Waals surface area contributed by atoms with Gasteiger partial charge >= 0.3 is 0 Å². The van der Waals surface area contributed by atoms with Crippen molar-refractivity contribution < 1.29 is 9.47 Å². The van der Waals surface area contributed by atoms with E-state index in [1.165, 1.54) is 0 Å². The fourth-order valence-electron chi connectivity index (χ4n) is 2.27. The van der Waals surface area contributed by atoms with Gasteiger partial charge in [-0.2, -0.15) is 0 Å². The van der Waals surface area contributed by atoms with Gasteiger partial charge in [0.25, 0.3) is 0 Å². The van der Waals surface area contributed by atoms with Gasteiger partial charge in [-0.05, 0) is 30.7 Å². The first-order valence-corrected chi connectivity index (χ1v) is 7.41. The molecule has 1 aromatic carbocycles. The Morgan fingerprint density at radius 3 is 2.65 bits per heavy atom. The first-order chi connectivity index (χ1) is 11.2. The largest absolute Gasteiger partial charge is 0.493 e. The summed E-state index contributed by atoms with van der Waals surface area (Å²) in [5, 5.41) is 0. The maximum Gasteiger partial charge on any atom is 0.161 e. The smallest absolute Gasteiger partial charge is 0.161 e. The number of pyridine rings is 1. The second-order valence-electron chi connectivity index (χ2n) is 5.32. The van der Waals surface area contributed by atoms with E-state index in [4.69, 9.17) is 9.47 Å². The van der Waals surface area contributed by atoms with Crippen LogP contribution in [0.25, 0.3) is 0 Å². The van der Waals surface area contributed by atoms with Gasteiger partial charge < -0.3 is 14.0 Å². The average molecular weight is 309 g/mol. The van der Waals surface area contributed by atoms with E-state index in [9.17, 15) is 0 Å². The summed E-state index contributed by atoms with van der Waals surface area (Å²) in [6.45, 7) is 3.18. The third kappa shape index (κ3) is 3.88. The number of rotatable bonds is 6. The first kappa shape index (κ1) is 15.1. The molecule has 0 aliphatic heterocycles. The lowest BCUT2D eigenvalue weighted by atomic mass is 10.2. The number of nitrogens with zero attached hydrogens (tertiary/aromatic N) is 3. The summed E-state index contributed by atoms with van der Waals surface area (Å²) in [4.78, 5) is 8.32. The highest BCUT2D eigenvalue weighted by Crippen LogP contribution is 2.29. The van der Waals surface area contributed by atoms with Crippen LogP contribution in [0.3, 0.4) is 0 Å². The van der Waals surface area contributed by atoms with E-state index in [1.54, 1.807) is 19.6 Å². The number of aromatic nitrogens is 3. The van der Waals surface area contributed by atoms with Crippen LogP contribution >= 0.6 is 0 Å². The molecule has 3 aromatic rings. The van der Waals surface area contributed by atoms with Gasteiger partial charge in [-0.1, -0.05) is 12.1 Å². The summed E-state index contributed by atoms with van der Waals surface area (Å²) in [7, 11) is 1.65. The van der Waals surface area contributed by atoms with Crippen molar-refractivity contribution in [3.05, 3.63) is 72.1 Å². The Morgan fingerprint density at radius 2 is 1.96 bits per heavy atom. The fraction of sp³-hybridized carbons (Fsp3) is 0.222. The third-order valence-electron chi connectivity index (χ3n) is 3.52. The Morgan fingerprint density at radius 1 is 1.09 bits per heavy atom. The Hall–Kier alpha value is -2.82. The van der Waals surface area contributed by atoms with Gasteiger partial charge in [-0.3, -0.25) is 4.98 Å². The normalized spacial score (nSPS) is 10.5. The predicted octanol–water partition coefficient (Wildman–Crippen LogP) is 3.22. The zero-order chi connectivity index (χ0) is 16.1. The molecule has 0 aliphatic rings. The lowest BCUT2D eigenvalue weighted by molar-refractivity contribution is 0.284. The molecule has 5 nitrogen and oxygen atoms in total. The van der Waals surface area contributed by atoms with E-state index < -0.39 is 0 Å². The molecule has 2 heterocycles. The Bertz CT molecular complexity index is 752. The maximum absolute atomic E-state index is 5.86. The van der Waals surface area contributed by atoms with Crippen LogP contribution in [0.1, 0.15) is 16.8 Å². The molecule has 0 fully saturated rings. The number of aryl methyl sites for hydroxylation is 1. The number of hydrogen-bond donors (Lipinski definition) is 0. The zero-order valence-corrected chi connectivity index (χ0v) is 13.3. The lowest BCUT2D eigenvalue weighted by Gasteiger charge is -2.12. The quantitative estimate of drug-likeness (QED) is 0.701. The van der Waals surface area contributed by atoms with E-state index >= 15 is 0 Å². The van der Waals surface area contributed by atoms with Gasteiger partial charge in [0.1, 0.15) is 6.61 Å². The molecule has 0 unspecified atom stereocenters. The number of ether oxygens (including phenoxy) is 2. The summed E-state index contributed by atoms with van der Waals surface area (Å²) < 4.78 is 13.3. The molecule has 0 amide bonds. The molecule has 118 valence electrons. The first-order valence-electron chi connectivity index (χ1n) is 7.41. The van der Waals surface area contributed by atoms with E-state index in [1.807, 2.05) is 54.2 Å². The molecule has 0 N–H and O–H groups in total. The third-order valence-corrected chi connectivity index (χ3v) is 3.52. The minimum Gasteiger partial charge on any atom is -0.493 e. The van der Waals surface area contributed by atoms with E-state index in [0.717, 1.165) is 34.9 Å². The number of methoxy groups -OCH3 is 1. The van der Waals surface area contributed by atoms with Crippen LogP contribution in [-0.4, -0.2) is 21.6 Å². The van der Waals surface area contributed by atoms with Crippen LogP contribution in [0.5, 0.6) is 11.5 Å². The van der Waals surface area contributed by atoms with Gasteiger partial charge in [0.2, 0.25) is 0 Å². The van der Waals surface area contributed by atoms with Crippen molar-refractivity contribution in [2.24, 2.45) is 0 Å². The molecular weight excluding hydrogens is 290 g/mol. The molecule has 5 heteroatoms. The highest BCUT2D eigenvalue weighted by Gasteiger charge is 2.07. The molecule has 0 saturated carbocycles. The molecular formula is C18H19N3O2. The summed E-state index contributed by atoms with van der Waals surface area (Å²) in [5.74, 6) is 1.45. The molecule has 0 radical (unpaired) electrons. The molecule has 0 atom stereocenters. The van der Waals surface area contributed by atoms with Crippen LogP contribution in [0.15, 0.2) is 55.2 Å². The molecule has 0 saturated heterocycles. The molecule has 0 spiro atoms. The monoisotopic (exact) mass is 309 g/mol. The lowest BCUT2D eigenvalue weighted by Crippen LogP contribution is -2.01. The molecule has 23 heavy (non-hydrogen) atoms. The minimum atomic E-state index is 0.463. The fourth-order valence-corrected chi connectivity index (χ4v) is 2.27. The molecule has 0 bridgehead atoms. The van der Waals surface area contributed by atoms with Crippen LogP contribution < -0.4 is 9.47 Å². The van der Waals surface area contributed by atoms with Gasteiger partial charge in [0, 0.05) is 36.4 Å². The second kappa shape index (κ2) is 6.96. The van der Waals surface area contributed by atoms with Gasteiger partial charge in [0.15, 0.2) is 11.5 Å². The highest BCUT2D eigenvalue weighted by atomic mass is 16.5. The van der Waals surface area contributed by atoms with E-state index in [-0.39, 0.29) is 0 Å². The van der Waals surface area contributed by atoms with Crippen LogP contribution in [0.4, 0.5) is 0 Å². The van der Waals surface area contributed by atoms with Crippen molar-refractivity contribution in [2.45, 2.75) is 20.1 Å². The summed E-state index contributed by atoms with van der Waals surface area (Å²) in [6, 6.07) is 9.95. The molecule has 2 aromatic heterocycles. The summed E-state index contributed by atoms with van der Waals surface area (Å²) in [6.07, 6.45) is 7.32. The van der Waals surface area contributed by atoms with Crippen LogP contribution in [-0.2, 0) is 13.2 Å². The van der Waals surface area contributed by atoms with Crippen LogP contribution in [0, 0.1) is 6.92 Å². The van der Waals surface area contributed by atoms with E-state index in [2.05, 4.69) is 9.97 Å². The number of hydrogen-bond acceptors (Lipinski definition) is 4. The second-order valence-corrected chi connectivity index (χ2v) is 5.32. The van der Waals surface area contributed by atoms with Crippen molar-refractivity contribution in [3.63, 3.8) is 0 Å². The Balaban J connectivity index is 1.70. The van der Waals surface area contributed by atoms with Crippen molar-refractivity contribution in [3.8, 4) is 11.5 Å². The topological polar surface area (TPSA) is 49.2 Å². The number of imidazole rings is 1. The van der Waals surface area contributed by atoms with Gasteiger partial charge in [-0.25, -0.2) is 4.98 Å². The standard InChI is InChI=1S/C18H19N3O2/c1-14-3-4-16(10-20-14)12-23-17-6-5-15(9-18(17)22-2)11-21-8-7-19-13-21/h3-10,13H,11-12H2,1-2H3. The molecule has 3 rings (SSSR count).